The predicted molar refractivity (Wildman–Crippen MR) is 96.2 cm³/mol. The number of hydrogen-bond acceptors (Lipinski definition) is 2. The molecule has 0 saturated heterocycles. The monoisotopic (exact) mass is 324 g/mol. The molecular formula is C19H24N4O. The Hall–Kier alpha value is -2.56. The molecule has 0 saturated carbocycles. The van der Waals surface area contributed by atoms with Crippen molar-refractivity contribution in [2.24, 2.45) is 7.05 Å². The standard InChI is InChI=1S/C19H24N4O/c1-19(2,3)17-11-16(23(4)22-17)18(24)20-10-9-13-12-21-15-8-6-5-7-14(13)15/h5-8,11-12,21H,9-10H2,1-4H3,(H,20,24). The number of nitrogens with one attached hydrogen (secondary N) is 2. The lowest BCUT2D eigenvalue weighted by Crippen LogP contribution is -2.27. The molecule has 0 fully saturated rings. The lowest BCUT2D eigenvalue weighted by Gasteiger charge is -2.13. The number of carbonyl (C=O) groups excluding carboxylic acids is 1. The van der Waals surface area contributed by atoms with Crippen LogP contribution in [-0.2, 0) is 18.9 Å². The van der Waals surface area contributed by atoms with Gasteiger partial charge in [0.25, 0.3) is 5.91 Å². The highest BCUT2D eigenvalue weighted by Gasteiger charge is 2.21. The molecule has 0 atom stereocenters. The van der Waals surface area contributed by atoms with Crippen LogP contribution in [0.4, 0.5) is 0 Å². The van der Waals surface area contributed by atoms with E-state index in [2.05, 4.69) is 48.3 Å². The average Bonchev–Trinajstić information content (AvgIpc) is 3.11. The second-order valence-corrected chi connectivity index (χ2v) is 7.15. The van der Waals surface area contributed by atoms with E-state index in [4.69, 9.17) is 0 Å². The molecule has 2 N–H and O–H groups in total. The van der Waals surface area contributed by atoms with Crippen molar-refractivity contribution in [2.45, 2.75) is 32.6 Å². The van der Waals surface area contributed by atoms with Gasteiger partial charge in [0, 0.05) is 36.1 Å². The van der Waals surface area contributed by atoms with Crippen molar-refractivity contribution in [1.29, 1.82) is 0 Å². The largest absolute Gasteiger partial charge is 0.361 e. The summed E-state index contributed by atoms with van der Waals surface area (Å²) >= 11 is 0. The van der Waals surface area contributed by atoms with Gasteiger partial charge in [0.2, 0.25) is 0 Å². The summed E-state index contributed by atoms with van der Waals surface area (Å²) in [7, 11) is 1.81. The second-order valence-electron chi connectivity index (χ2n) is 7.15. The molecule has 2 heterocycles. The maximum Gasteiger partial charge on any atom is 0.269 e. The molecule has 0 unspecified atom stereocenters. The Morgan fingerprint density at radius 3 is 2.75 bits per heavy atom. The van der Waals surface area contributed by atoms with E-state index in [1.165, 1.54) is 10.9 Å². The zero-order valence-electron chi connectivity index (χ0n) is 14.7. The first kappa shape index (κ1) is 16.3. The third kappa shape index (κ3) is 3.20. The van der Waals surface area contributed by atoms with Crippen LogP contribution in [0, 0.1) is 0 Å². The number of benzene rings is 1. The minimum Gasteiger partial charge on any atom is -0.361 e. The highest BCUT2D eigenvalue weighted by atomic mass is 16.2. The molecule has 3 aromatic rings. The van der Waals surface area contributed by atoms with Crippen LogP contribution in [0.25, 0.3) is 10.9 Å². The minimum absolute atomic E-state index is 0.0691. The maximum absolute atomic E-state index is 12.4. The van der Waals surface area contributed by atoms with Gasteiger partial charge in [-0.15, -0.1) is 0 Å². The molecule has 2 aromatic heterocycles. The van der Waals surface area contributed by atoms with Crippen LogP contribution in [0.15, 0.2) is 36.5 Å². The molecular weight excluding hydrogens is 300 g/mol. The molecule has 0 aliphatic rings. The Kier molecular flexibility index (Phi) is 4.18. The van der Waals surface area contributed by atoms with Gasteiger partial charge in [-0.1, -0.05) is 39.0 Å². The highest BCUT2D eigenvalue weighted by Crippen LogP contribution is 2.21. The number of aromatic amines is 1. The van der Waals surface area contributed by atoms with Crippen molar-refractivity contribution in [1.82, 2.24) is 20.1 Å². The Labute approximate surface area is 142 Å². The number of aromatic nitrogens is 3. The lowest BCUT2D eigenvalue weighted by atomic mass is 9.92. The van der Waals surface area contributed by atoms with Crippen LogP contribution < -0.4 is 5.32 Å². The summed E-state index contributed by atoms with van der Waals surface area (Å²) in [5.74, 6) is -0.0830. The Balaban J connectivity index is 1.65. The molecule has 5 heteroatoms. The van der Waals surface area contributed by atoms with Gasteiger partial charge in [0.05, 0.1) is 5.69 Å². The van der Waals surface area contributed by atoms with Gasteiger partial charge in [0.1, 0.15) is 5.69 Å². The highest BCUT2D eigenvalue weighted by molar-refractivity contribution is 5.92. The smallest absolute Gasteiger partial charge is 0.269 e. The van der Waals surface area contributed by atoms with Crippen molar-refractivity contribution in [3.63, 3.8) is 0 Å². The van der Waals surface area contributed by atoms with Gasteiger partial charge < -0.3 is 10.3 Å². The predicted octanol–water partition coefficient (Wildman–Crippen LogP) is 3.17. The van der Waals surface area contributed by atoms with Crippen molar-refractivity contribution in [2.75, 3.05) is 6.54 Å². The molecule has 24 heavy (non-hydrogen) atoms. The minimum atomic E-state index is -0.0830. The molecule has 0 aliphatic heterocycles. The summed E-state index contributed by atoms with van der Waals surface area (Å²) in [6.07, 6.45) is 2.80. The van der Waals surface area contributed by atoms with Crippen LogP contribution in [0.3, 0.4) is 0 Å². The van der Waals surface area contributed by atoms with Crippen LogP contribution >= 0.6 is 0 Å². The Bertz CT molecular complexity index is 867. The summed E-state index contributed by atoms with van der Waals surface area (Å²) in [6.45, 7) is 6.87. The number of H-pyrrole nitrogens is 1. The topological polar surface area (TPSA) is 62.7 Å². The van der Waals surface area contributed by atoms with E-state index in [-0.39, 0.29) is 11.3 Å². The second kappa shape index (κ2) is 6.15. The van der Waals surface area contributed by atoms with Crippen molar-refractivity contribution < 1.29 is 4.79 Å². The van der Waals surface area contributed by atoms with Crippen LogP contribution in [0.2, 0.25) is 0 Å². The van der Waals surface area contributed by atoms with E-state index < -0.39 is 0 Å². The van der Waals surface area contributed by atoms with E-state index in [9.17, 15) is 4.79 Å². The third-order valence-corrected chi connectivity index (χ3v) is 4.24. The Morgan fingerprint density at radius 2 is 2.04 bits per heavy atom. The Morgan fingerprint density at radius 1 is 1.29 bits per heavy atom. The van der Waals surface area contributed by atoms with Gasteiger partial charge in [-0.25, -0.2) is 0 Å². The van der Waals surface area contributed by atoms with Gasteiger partial charge in [-0.3, -0.25) is 9.48 Å². The summed E-state index contributed by atoms with van der Waals surface area (Å²) in [5.41, 5.74) is 3.79. The summed E-state index contributed by atoms with van der Waals surface area (Å²) in [4.78, 5) is 15.7. The van der Waals surface area contributed by atoms with Crippen LogP contribution in [-0.4, -0.2) is 27.2 Å². The van der Waals surface area contributed by atoms with Crippen LogP contribution in [0.1, 0.15) is 42.5 Å². The SMILES string of the molecule is Cn1nc(C(C)(C)C)cc1C(=O)NCCc1c[nH]c2ccccc12. The number of fused-ring (bicyclic) bond motifs is 1. The number of amides is 1. The van der Waals surface area contributed by atoms with Crippen molar-refractivity contribution in [3.8, 4) is 0 Å². The van der Waals surface area contributed by atoms with E-state index in [0.717, 1.165) is 17.6 Å². The molecule has 0 spiro atoms. The zero-order valence-corrected chi connectivity index (χ0v) is 14.7. The van der Waals surface area contributed by atoms with Gasteiger partial charge in [-0.05, 0) is 24.1 Å². The zero-order chi connectivity index (χ0) is 17.3. The maximum atomic E-state index is 12.4. The fourth-order valence-electron chi connectivity index (χ4n) is 2.79. The summed E-state index contributed by atoms with van der Waals surface area (Å²) in [6, 6.07) is 10.1. The molecule has 0 radical (unpaired) electrons. The van der Waals surface area contributed by atoms with E-state index in [0.29, 0.717) is 12.2 Å². The molecule has 3 rings (SSSR count). The number of aryl methyl sites for hydroxylation is 1. The van der Waals surface area contributed by atoms with E-state index >= 15 is 0 Å². The number of hydrogen-bond donors (Lipinski definition) is 2. The van der Waals surface area contributed by atoms with Gasteiger partial charge in [0.15, 0.2) is 0 Å². The molecule has 0 bridgehead atoms. The summed E-state index contributed by atoms with van der Waals surface area (Å²) < 4.78 is 1.65. The third-order valence-electron chi connectivity index (χ3n) is 4.24. The first-order valence-electron chi connectivity index (χ1n) is 8.24. The number of nitrogens with zero attached hydrogens (tertiary/aromatic N) is 2. The lowest BCUT2D eigenvalue weighted by molar-refractivity contribution is 0.0945. The number of rotatable bonds is 4. The van der Waals surface area contributed by atoms with Crippen molar-refractivity contribution >= 4 is 16.8 Å². The molecule has 1 amide bonds. The number of carbonyl (C=O) groups is 1. The first-order chi connectivity index (χ1) is 11.4. The normalized spacial score (nSPS) is 11.8. The number of para-hydroxylation sites is 1. The molecule has 0 aliphatic carbocycles. The summed E-state index contributed by atoms with van der Waals surface area (Å²) in [5, 5.41) is 8.66. The van der Waals surface area contributed by atoms with Gasteiger partial charge >= 0.3 is 0 Å². The molecule has 1 aromatic carbocycles. The quantitative estimate of drug-likeness (QED) is 0.774. The fraction of sp³-hybridized carbons (Fsp3) is 0.368. The first-order valence-corrected chi connectivity index (χ1v) is 8.24. The van der Waals surface area contributed by atoms with E-state index in [1.807, 2.05) is 31.4 Å². The molecule has 5 nitrogen and oxygen atoms in total. The van der Waals surface area contributed by atoms with Crippen molar-refractivity contribution in [3.05, 3.63) is 53.5 Å². The fourth-order valence-corrected chi connectivity index (χ4v) is 2.79. The molecule has 126 valence electrons. The van der Waals surface area contributed by atoms with Crippen LogP contribution in [0.5, 0.6) is 0 Å². The van der Waals surface area contributed by atoms with E-state index in [1.54, 1.807) is 4.68 Å². The van der Waals surface area contributed by atoms with Gasteiger partial charge in [-0.2, -0.15) is 5.10 Å². The average molecular weight is 324 g/mol.